The van der Waals surface area contributed by atoms with Gasteiger partial charge in [0.1, 0.15) is 11.9 Å². The minimum absolute atomic E-state index is 0.0208. The Labute approximate surface area is 246 Å². The van der Waals surface area contributed by atoms with Crippen LogP contribution in [0, 0.1) is 5.82 Å². The van der Waals surface area contributed by atoms with E-state index in [4.69, 9.17) is 0 Å². The number of nitrogens with one attached hydrogen (secondary N) is 1. The Kier molecular flexibility index (Phi) is 8.59. The van der Waals surface area contributed by atoms with E-state index >= 15 is 0 Å². The zero-order chi connectivity index (χ0) is 29.9. The Bertz CT molecular complexity index is 1700. The highest BCUT2D eigenvalue weighted by molar-refractivity contribution is 7.93. The summed E-state index contributed by atoms with van der Waals surface area (Å²) >= 11 is 0. The van der Waals surface area contributed by atoms with Crippen LogP contribution in [0.4, 0.5) is 10.1 Å². The molecule has 1 heterocycles. The lowest BCUT2D eigenvalue weighted by atomic mass is 10.0. The van der Waals surface area contributed by atoms with Crippen molar-refractivity contribution >= 4 is 38.3 Å². The van der Waals surface area contributed by atoms with Crippen molar-refractivity contribution in [1.29, 1.82) is 0 Å². The van der Waals surface area contributed by atoms with Crippen LogP contribution in [-0.4, -0.2) is 43.8 Å². The highest BCUT2D eigenvalue weighted by Crippen LogP contribution is 2.42. The van der Waals surface area contributed by atoms with Gasteiger partial charge in [-0.3, -0.25) is 13.9 Å². The van der Waals surface area contributed by atoms with Crippen LogP contribution in [0.5, 0.6) is 0 Å². The molecule has 4 aromatic carbocycles. The van der Waals surface area contributed by atoms with Crippen molar-refractivity contribution in [2.45, 2.75) is 56.6 Å². The molecule has 0 saturated carbocycles. The van der Waals surface area contributed by atoms with Gasteiger partial charge in [0.15, 0.2) is 0 Å². The van der Waals surface area contributed by atoms with E-state index in [0.29, 0.717) is 16.6 Å². The summed E-state index contributed by atoms with van der Waals surface area (Å²) in [6.45, 7) is 3.68. The third kappa shape index (κ3) is 6.01. The fourth-order valence-corrected chi connectivity index (χ4v) is 7.21. The number of benzene rings is 4. The van der Waals surface area contributed by atoms with Gasteiger partial charge >= 0.3 is 0 Å². The van der Waals surface area contributed by atoms with Gasteiger partial charge in [-0.1, -0.05) is 72.8 Å². The van der Waals surface area contributed by atoms with Gasteiger partial charge in [0.2, 0.25) is 11.8 Å². The number of hydrogen-bond donors (Lipinski definition) is 1. The van der Waals surface area contributed by atoms with E-state index in [2.05, 4.69) is 5.32 Å². The van der Waals surface area contributed by atoms with Crippen molar-refractivity contribution in [2.75, 3.05) is 10.8 Å². The minimum Gasteiger partial charge on any atom is -0.352 e. The van der Waals surface area contributed by atoms with Crippen LogP contribution in [0.25, 0.3) is 10.8 Å². The van der Waals surface area contributed by atoms with Crippen molar-refractivity contribution < 1.29 is 22.4 Å². The SMILES string of the molecule is CC(C)NC(=O)[C@H](Cc1ccccc1)N(Cc1ccccc1F)C(=O)CCCN1c2cccc3cccc(c23)S1(=O)=O. The topological polar surface area (TPSA) is 86.8 Å². The molecular weight excluding hydrogens is 553 g/mol. The smallest absolute Gasteiger partial charge is 0.265 e. The molecule has 0 spiro atoms. The normalized spacial score (nSPS) is 14.2. The van der Waals surface area contributed by atoms with E-state index in [9.17, 15) is 22.4 Å². The predicted molar refractivity (Wildman–Crippen MR) is 162 cm³/mol. The highest BCUT2D eigenvalue weighted by Gasteiger charge is 2.36. The minimum atomic E-state index is -3.76. The number of carbonyl (C=O) groups excluding carboxylic acids is 2. The molecule has 0 aromatic heterocycles. The summed E-state index contributed by atoms with van der Waals surface area (Å²) in [6, 6.07) is 25.2. The molecule has 218 valence electrons. The number of anilines is 1. The lowest BCUT2D eigenvalue weighted by Gasteiger charge is -2.32. The van der Waals surface area contributed by atoms with Crippen molar-refractivity contribution in [1.82, 2.24) is 10.2 Å². The summed E-state index contributed by atoms with van der Waals surface area (Å²) in [6.07, 6.45) is 0.449. The quantitative estimate of drug-likeness (QED) is 0.254. The molecule has 9 heteroatoms. The van der Waals surface area contributed by atoms with Crippen molar-refractivity contribution in [3.05, 3.63) is 108 Å². The standard InChI is InChI=1S/C33H34FN3O4S/c1-23(2)35-33(39)29(21-24-11-4-3-5-12-24)36(22-26-13-6-7-16-27(26)34)31(38)19-10-20-37-28-17-8-14-25-15-9-18-30(32(25)28)42(37,40)41/h3-9,11-18,23,29H,10,19-22H2,1-2H3,(H,35,39)/t29-/m0/s1. The van der Waals surface area contributed by atoms with Crippen LogP contribution in [0.15, 0.2) is 95.9 Å². The number of nitrogens with zero attached hydrogens (tertiary/aromatic N) is 2. The molecule has 2 amide bonds. The summed E-state index contributed by atoms with van der Waals surface area (Å²) in [5.74, 6) is -1.15. The maximum Gasteiger partial charge on any atom is 0.265 e. The van der Waals surface area contributed by atoms with Gasteiger partial charge < -0.3 is 10.2 Å². The van der Waals surface area contributed by atoms with E-state index in [1.807, 2.05) is 62.4 Å². The second kappa shape index (κ2) is 12.3. The predicted octanol–water partition coefficient (Wildman–Crippen LogP) is 5.43. The van der Waals surface area contributed by atoms with E-state index in [1.54, 1.807) is 36.4 Å². The van der Waals surface area contributed by atoms with Crippen molar-refractivity contribution in [2.24, 2.45) is 0 Å². The molecule has 0 fully saturated rings. The molecule has 1 atom stereocenters. The van der Waals surface area contributed by atoms with Gasteiger partial charge in [-0.05, 0) is 49.4 Å². The Morgan fingerprint density at radius 3 is 2.31 bits per heavy atom. The van der Waals surface area contributed by atoms with Crippen LogP contribution >= 0.6 is 0 Å². The fraction of sp³-hybridized carbons (Fsp3) is 0.273. The van der Waals surface area contributed by atoms with E-state index < -0.39 is 21.9 Å². The molecule has 42 heavy (non-hydrogen) atoms. The second-order valence-corrected chi connectivity index (χ2v) is 12.6. The van der Waals surface area contributed by atoms with Crippen molar-refractivity contribution in [3.63, 3.8) is 0 Å². The molecule has 0 saturated heterocycles. The maximum atomic E-state index is 14.8. The van der Waals surface area contributed by atoms with Gasteiger partial charge in [-0.2, -0.15) is 0 Å². The highest BCUT2D eigenvalue weighted by atomic mass is 32.2. The summed E-state index contributed by atoms with van der Waals surface area (Å²) < 4.78 is 42.9. The van der Waals surface area contributed by atoms with E-state index in [1.165, 1.54) is 15.3 Å². The van der Waals surface area contributed by atoms with Gasteiger partial charge in [-0.15, -0.1) is 0 Å². The average molecular weight is 588 g/mol. The molecule has 0 radical (unpaired) electrons. The molecule has 7 nitrogen and oxygen atoms in total. The number of amides is 2. The number of sulfonamides is 1. The van der Waals surface area contributed by atoms with Gasteiger partial charge in [0.05, 0.1) is 10.6 Å². The van der Waals surface area contributed by atoms with Crippen LogP contribution in [0.1, 0.15) is 37.8 Å². The first-order valence-corrected chi connectivity index (χ1v) is 15.5. The molecule has 5 rings (SSSR count). The molecule has 0 unspecified atom stereocenters. The Morgan fingerprint density at radius 2 is 1.60 bits per heavy atom. The van der Waals surface area contributed by atoms with Gasteiger partial charge in [-0.25, -0.2) is 12.8 Å². The van der Waals surface area contributed by atoms with E-state index in [-0.39, 0.29) is 55.1 Å². The fourth-order valence-electron chi connectivity index (χ4n) is 5.46. The number of hydrogen-bond acceptors (Lipinski definition) is 4. The molecule has 1 aliphatic heterocycles. The van der Waals surface area contributed by atoms with Gasteiger partial charge in [0.25, 0.3) is 10.0 Å². The molecule has 1 aliphatic rings. The maximum absolute atomic E-state index is 14.8. The van der Waals surface area contributed by atoms with Gasteiger partial charge in [0, 0.05) is 42.9 Å². The second-order valence-electron chi connectivity index (χ2n) is 10.8. The monoisotopic (exact) mass is 587 g/mol. The summed E-state index contributed by atoms with van der Waals surface area (Å²) in [5, 5.41) is 4.44. The first-order valence-electron chi connectivity index (χ1n) is 14.1. The Balaban J connectivity index is 1.40. The Hall–Kier alpha value is -4.24. The largest absolute Gasteiger partial charge is 0.352 e. The first kappa shape index (κ1) is 29.3. The number of halogens is 1. The molecular formula is C33H34FN3O4S. The van der Waals surface area contributed by atoms with Crippen LogP contribution in [0.2, 0.25) is 0 Å². The van der Waals surface area contributed by atoms with Crippen LogP contribution < -0.4 is 9.62 Å². The Morgan fingerprint density at radius 1 is 0.905 bits per heavy atom. The van der Waals surface area contributed by atoms with E-state index in [0.717, 1.165) is 10.9 Å². The molecule has 0 aliphatic carbocycles. The first-order chi connectivity index (χ1) is 20.2. The molecule has 1 N–H and O–H groups in total. The summed E-state index contributed by atoms with van der Waals surface area (Å²) in [4.78, 5) is 29.1. The lowest BCUT2D eigenvalue weighted by molar-refractivity contribution is -0.141. The number of rotatable bonds is 11. The average Bonchev–Trinajstić information content (AvgIpc) is 3.19. The molecule has 0 bridgehead atoms. The lowest BCUT2D eigenvalue weighted by Crippen LogP contribution is -2.52. The van der Waals surface area contributed by atoms with Crippen molar-refractivity contribution in [3.8, 4) is 0 Å². The third-order valence-corrected chi connectivity index (χ3v) is 9.29. The zero-order valence-corrected chi connectivity index (χ0v) is 24.5. The zero-order valence-electron chi connectivity index (χ0n) is 23.7. The summed E-state index contributed by atoms with van der Waals surface area (Å²) in [5.41, 5.74) is 1.75. The summed E-state index contributed by atoms with van der Waals surface area (Å²) in [7, 11) is -3.76. The number of carbonyl (C=O) groups is 2. The van der Waals surface area contributed by atoms with Crippen LogP contribution in [-0.2, 0) is 32.6 Å². The molecule has 4 aromatic rings. The third-order valence-electron chi connectivity index (χ3n) is 7.43. The van der Waals surface area contributed by atoms with Crippen LogP contribution in [0.3, 0.4) is 0 Å².